The van der Waals surface area contributed by atoms with Crippen LogP contribution in [0.1, 0.15) is 41.6 Å². The first-order valence-electron chi connectivity index (χ1n) is 11.1. The number of aryl methyl sites for hydroxylation is 2. The van der Waals surface area contributed by atoms with Crippen molar-refractivity contribution in [1.82, 2.24) is 14.9 Å². The molecule has 0 saturated carbocycles. The third-order valence-electron chi connectivity index (χ3n) is 5.76. The van der Waals surface area contributed by atoms with Crippen molar-refractivity contribution in [2.45, 2.75) is 44.9 Å². The van der Waals surface area contributed by atoms with Gasteiger partial charge in [-0.1, -0.05) is 24.3 Å². The van der Waals surface area contributed by atoms with Crippen LogP contribution < -0.4 is 10.9 Å². The molecule has 0 spiro atoms. The van der Waals surface area contributed by atoms with E-state index in [-0.39, 0.29) is 6.42 Å². The van der Waals surface area contributed by atoms with Gasteiger partial charge in [0.25, 0.3) is 5.56 Å². The Balaban J connectivity index is 2.01. The first kappa shape index (κ1) is 26.7. The van der Waals surface area contributed by atoms with Gasteiger partial charge < -0.3 is 14.6 Å². The molecule has 2 atom stereocenters. The highest BCUT2D eigenvalue weighted by atomic mass is 19.4. The van der Waals surface area contributed by atoms with E-state index in [4.69, 9.17) is 4.74 Å². The van der Waals surface area contributed by atoms with Gasteiger partial charge in [-0.05, 0) is 48.2 Å². The number of carbonyl (C=O) groups excluding carboxylic acids is 2. The molecule has 0 saturated heterocycles. The fourth-order valence-electron chi connectivity index (χ4n) is 4.06. The van der Waals surface area contributed by atoms with Gasteiger partial charge in [-0.2, -0.15) is 13.2 Å². The van der Waals surface area contributed by atoms with Crippen molar-refractivity contribution >= 4 is 11.9 Å². The van der Waals surface area contributed by atoms with Crippen LogP contribution in [0.4, 0.5) is 13.2 Å². The third kappa shape index (κ3) is 6.59. The van der Waals surface area contributed by atoms with E-state index in [0.29, 0.717) is 5.56 Å². The number of esters is 1. The summed E-state index contributed by atoms with van der Waals surface area (Å²) in [6.45, 7) is 3.87. The molecule has 1 N–H and O–H groups in total. The molecule has 2 unspecified atom stereocenters. The summed E-state index contributed by atoms with van der Waals surface area (Å²) >= 11 is 0. The van der Waals surface area contributed by atoms with E-state index in [2.05, 4.69) is 10.3 Å². The summed E-state index contributed by atoms with van der Waals surface area (Å²) in [6, 6.07) is 8.39. The minimum absolute atomic E-state index is 0.345. The van der Waals surface area contributed by atoms with E-state index >= 15 is 0 Å². The van der Waals surface area contributed by atoms with E-state index in [0.717, 1.165) is 39.1 Å². The van der Waals surface area contributed by atoms with Crippen LogP contribution in [0, 0.1) is 13.8 Å². The Kier molecular flexibility index (Phi) is 8.29. The monoisotopic (exact) mass is 501 g/mol. The largest absolute Gasteiger partial charge is 0.469 e. The van der Waals surface area contributed by atoms with E-state index < -0.39 is 42.1 Å². The van der Waals surface area contributed by atoms with Crippen LogP contribution in [0.25, 0.3) is 11.1 Å². The molecule has 3 rings (SSSR count). The molecule has 10 heteroatoms. The quantitative estimate of drug-likeness (QED) is 0.461. The Morgan fingerprint density at radius 3 is 2.39 bits per heavy atom. The average Bonchev–Trinajstić information content (AvgIpc) is 2.82. The molecule has 36 heavy (non-hydrogen) atoms. The van der Waals surface area contributed by atoms with Crippen molar-refractivity contribution in [2.24, 2.45) is 0 Å². The molecule has 0 aliphatic carbocycles. The van der Waals surface area contributed by atoms with Gasteiger partial charge in [0.2, 0.25) is 5.91 Å². The van der Waals surface area contributed by atoms with Crippen LogP contribution in [0.3, 0.4) is 0 Å². The predicted molar refractivity (Wildman–Crippen MR) is 127 cm³/mol. The lowest BCUT2D eigenvalue weighted by molar-refractivity contribution is -0.153. The number of hydrogen-bond donors (Lipinski definition) is 1. The maximum absolute atomic E-state index is 13.3. The first-order chi connectivity index (χ1) is 17.0. The molecule has 0 radical (unpaired) electrons. The molecule has 2 heterocycles. The minimum atomic E-state index is -4.72. The lowest BCUT2D eigenvalue weighted by Crippen LogP contribution is -2.41. The van der Waals surface area contributed by atoms with Gasteiger partial charge in [0.1, 0.15) is 6.04 Å². The normalized spacial score (nSPS) is 13.1. The number of pyridine rings is 2. The van der Waals surface area contributed by atoms with Gasteiger partial charge in [0.15, 0.2) is 0 Å². The Hall–Kier alpha value is -3.95. The number of halogens is 3. The van der Waals surface area contributed by atoms with Crippen molar-refractivity contribution in [2.75, 3.05) is 7.11 Å². The fourth-order valence-corrected chi connectivity index (χ4v) is 4.06. The summed E-state index contributed by atoms with van der Waals surface area (Å²) in [7, 11) is 1.17. The van der Waals surface area contributed by atoms with Crippen molar-refractivity contribution in [3.63, 3.8) is 0 Å². The molecule has 190 valence electrons. The summed E-state index contributed by atoms with van der Waals surface area (Å²) in [6.07, 6.45) is -2.45. The standard InChI is InChI=1S/C26H26F3N3O4/c1-16-7-6-8-17(2)24(16)19-11-18(14-30-15-19)20(12-23(34)36-3)31-25(35)21(13-26(27,28)29)32-10-5-4-9-22(32)33/h4-11,14-15,20-21H,12-13H2,1-3H3,(H,31,35). The number of amides is 1. The molecular formula is C26H26F3N3O4. The maximum Gasteiger partial charge on any atom is 0.391 e. The molecular weight excluding hydrogens is 475 g/mol. The first-order valence-corrected chi connectivity index (χ1v) is 11.1. The highest BCUT2D eigenvalue weighted by molar-refractivity contribution is 5.82. The number of ether oxygens (including phenoxy) is 1. The molecule has 0 aliphatic rings. The third-order valence-corrected chi connectivity index (χ3v) is 5.76. The van der Waals surface area contributed by atoms with Gasteiger partial charge in [0.05, 0.1) is 26.0 Å². The number of nitrogens with one attached hydrogen (secondary N) is 1. The smallest absolute Gasteiger partial charge is 0.391 e. The van der Waals surface area contributed by atoms with Crippen LogP contribution in [0.15, 0.2) is 65.8 Å². The zero-order valence-corrected chi connectivity index (χ0v) is 20.0. The summed E-state index contributed by atoms with van der Waals surface area (Å²) in [5, 5.41) is 2.52. The predicted octanol–water partition coefficient (Wildman–Crippen LogP) is 4.44. The second-order valence-electron chi connectivity index (χ2n) is 8.40. The van der Waals surface area contributed by atoms with Gasteiger partial charge in [-0.25, -0.2) is 0 Å². The maximum atomic E-state index is 13.3. The van der Waals surface area contributed by atoms with E-state index in [1.54, 1.807) is 12.3 Å². The summed E-state index contributed by atoms with van der Waals surface area (Å²) in [5.74, 6) is -1.74. The number of rotatable bonds is 8. The minimum Gasteiger partial charge on any atom is -0.469 e. The fraction of sp³-hybridized carbons (Fsp3) is 0.308. The lowest BCUT2D eigenvalue weighted by atomic mass is 9.94. The topological polar surface area (TPSA) is 90.3 Å². The van der Waals surface area contributed by atoms with Gasteiger partial charge in [-0.3, -0.25) is 19.4 Å². The van der Waals surface area contributed by atoms with Crippen LogP contribution in [0.2, 0.25) is 0 Å². The van der Waals surface area contributed by atoms with Gasteiger partial charge in [-0.15, -0.1) is 0 Å². The van der Waals surface area contributed by atoms with Crippen LogP contribution >= 0.6 is 0 Å². The van der Waals surface area contributed by atoms with Crippen molar-refractivity contribution < 1.29 is 27.5 Å². The molecule has 0 bridgehead atoms. The lowest BCUT2D eigenvalue weighted by Gasteiger charge is -2.25. The number of aromatic nitrogens is 2. The zero-order chi connectivity index (χ0) is 26.5. The van der Waals surface area contributed by atoms with Crippen LogP contribution in [-0.2, 0) is 14.3 Å². The molecule has 0 aliphatic heterocycles. The molecule has 1 amide bonds. The Morgan fingerprint density at radius 2 is 1.78 bits per heavy atom. The number of methoxy groups -OCH3 is 1. The highest BCUT2D eigenvalue weighted by Gasteiger charge is 2.37. The second-order valence-corrected chi connectivity index (χ2v) is 8.40. The number of alkyl halides is 3. The average molecular weight is 502 g/mol. The molecule has 1 aromatic carbocycles. The van der Waals surface area contributed by atoms with E-state index in [1.165, 1.54) is 25.4 Å². The summed E-state index contributed by atoms with van der Waals surface area (Å²) in [4.78, 5) is 41.8. The summed E-state index contributed by atoms with van der Waals surface area (Å²) in [5.41, 5.74) is 3.25. The van der Waals surface area contributed by atoms with E-state index in [1.807, 2.05) is 32.0 Å². The SMILES string of the molecule is COC(=O)CC(NC(=O)C(CC(F)(F)F)n1ccccc1=O)c1cncc(-c2c(C)cccc2C)c1. The Bertz CT molecular complexity index is 1280. The second kappa shape index (κ2) is 11.2. The Morgan fingerprint density at radius 1 is 1.08 bits per heavy atom. The van der Waals surface area contributed by atoms with Crippen LogP contribution in [-0.4, -0.2) is 34.7 Å². The number of benzene rings is 1. The number of nitrogens with zero attached hydrogens (tertiary/aromatic N) is 2. The number of carbonyl (C=O) groups is 2. The van der Waals surface area contributed by atoms with Gasteiger partial charge >= 0.3 is 12.1 Å². The van der Waals surface area contributed by atoms with Crippen LogP contribution in [0.5, 0.6) is 0 Å². The molecule has 0 fully saturated rings. The molecule has 2 aromatic heterocycles. The zero-order valence-electron chi connectivity index (χ0n) is 20.0. The van der Waals surface area contributed by atoms with Crippen molar-refractivity contribution in [3.8, 4) is 11.1 Å². The highest BCUT2D eigenvalue weighted by Crippen LogP contribution is 2.31. The van der Waals surface area contributed by atoms with Gasteiger partial charge in [0, 0.05) is 30.2 Å². The van der Waals surface area contributed by atoms with Crippen molar-refractivity contribution in [1.29, 1.82) is 0 Å². The number of hydrogen-bond acceptors (Lipinski definition) is 5. The molecule has 3 aromatic rings. The summed E-state index contributed by atoms with van der Waals surface area (Å²) < 4.78 is 45.5. The van der Waals surface area contributed by atoms with E-state index in [9.17, 15) is 27.6 Å². The van der Waals surface area contributed by atoms with Crippen molar-refractivity contribution in [3.05, 3.63) is 88.1 Å². The molecule has 7 nitrogen and oxygen atoms in total. The Labute approximate surface area is 205 Å².